The van der Waals surface area contributed by atoms with Crippen molar-refractivity contribution in [2.24, 2.45) is 7.05 Å². The average molecular weight is 392 g/mol. The van der Waals surface area contributed by atoms with Crippen LogP contribution in [-0.4, -0.2) is 16.2 Å². The fourth-order valence-corrected chi connectivity index (χ4v) is 4.44. The number of methoxy groups -OCH3 is 1. The van der Waals surface area contributed by atoms with E-state index in [0.717, 1.165) is 33.7 Å². The highest BCUT2D eigenvalue weighted by Crippen LogP contribution is 2.32. The van der Waals surface area contributed by atoms with Gasteiger partial charge in [0.15, 0.2) is 0 Å². The first kappa shape index (κ1) is 18.3. The van der Waals surface area contributed by atoms with E-state index < -0.39 is 0 Å². The number of aromatic nitrogens is 2. The van der Waals surface area contributed by atoms with Crippen molar-refractivity contribution in [3.05, 3.63) is 86.4 Å². The third kappa shape index (κ3) is 3.16. The summed E-state index contributed by atoms with van der Waals surface area (Å²) >= 11 is 1.44. The van der Waals surface area contributed by atoms with Crippen LogP contribution in [0.4, 0.5) is 0 Å². The third-order valence-electron chi connectivity index (χ3n) is 4.92. The van der Waals surface area contributed by atoms with E-state index in [1.807, 2.05) is 60.0 Å². The van der Waals surface area contributed by atoms with Crippen LogP contribution < -0.4 is 16.0 Å². The molecule has 4 aromatic rings. The second kappa shape index (κ2) is 7.48. The minimum Gasteiger partial charge on any atom is -0.497 e. The van der Waals surface area contributed by atoms with Gasteiger partial charge in [-0.25, -0.2) is 4.79 Å². The van der Waals surface area contributed by atoms with E-state index in [9.17, 15) is 9.59 Å². The first-order chi connectivity index (χ1) is 13.6. The lowest BCUT2D eigenvalue weighted by Gasteiger charge is -2.10. The van der Waals surface area contributed by atoms with Crippen molar-refractivity contribution in [2.75, 3.05) is 7.11 Å². The molecule has 2 aromatic heterocycles. The second-order valence-corrected chi connectivity index (χ2v) is 7.45. The Bertz CT molecular complexity index is 1240. The first-order valence-electron chi connectivity index (χ1n) is 8.99. The van der Waals surface area contributed by atoms with Crippen LogP contribution in [0.25, 0.3) is 21.3 Å². The highest BCUT2D eigenvalue weighted by Gasteiger charge is 2.17. The van der Waals surface area contributed by atoms with Crippen LogP contribution in [0.1, 0.15) is 5.56 Å². The molecule has 5 nitrogen and oxygen atoms in total. The SMILES string of the molecule is COc1ccc(-c2csc3c2c(=O)n(C)c(=O)n3CCc2ccccc2)cc1. The van der Waals surface area contributed by atoms with Crippen molar-refractivity contribution < 1.29 is 4.74 Å². The summed E-state index contributed by atoms with van der Waals surface area (Å²) in [6, 6.07) is 17.6. The lowest BCUT2D eigenvalue weighted by atomic mass is 10.1. The molecule has 0 saturated heterocycles. The van der Waals surface area contributed by atoms with Gasteiger partial charge in [-0.1, -0.05) is 42.5 Å². The van der Waals surface area contributed by atoms with E-state index in [-0.39, 0.29) is 11.2 Å². The monoisotopic (exact) mass is 392 g/mol. The summed E-state index contributed by atoms with van der Waals surface area (Å²) in [5, 5.41) is 2.54. The Morgan fingerprint density at radius 2 is 1.71 bits per heavy atom. The fraction of sp³-hybridized carbons (Fsp3) is 0.182. The molecule has 0 aliphatic carbocycles. The molecule has 0 N–H and O–H groups in total. The zero-order valence-electron chi connectivity index (χ0n) is 15.7. The number of ether oxygens (including phenoxy) is 1. The maximum Gasteiger partial charge on any atom is 0.331 e. The molecule has 0 amide bonds. The molecular formula is C22H20N2O3S. The van der Waals surface area contributed by atoms with Gasteiger partial charge in [0.05, 0.1) is 12.5 Å². The average Bonchev–Trinajstić information content (AvgIpc) is 3.18. The quantitative estimate of drug-likeness (QED) is 0.521. The number of fused-ring (bicyclic) bond motifs is 1. The lowest BCUT2D eigenvalue weighted by Crippen LogP contribution is -2.38. The summed E-state index contributed by atoms with van der Waals surface area (Å²) in [5.41, 5.74) is 2.39. The van der Waals surface area contributed by atoms with E-state index in [4.69, 9.17) is 4.74 Å². The van der Waals surface area contributed by atoms with Crippen LogP contribution in [0.3, 0.4) is 0 Å². The van der Waals surface area contributed by atoms with Gasteiger partial charge in [-0.3, -0.25) is 13.9 Å². The summed E-state index contributed by atoms with van der Waals surface area (Å²) in [6.45, 7) is 0.524. The molecule has 4 rings (SSSR count). The molecule has 6 heteroatoms. The Balaban J connectivity index is 1.83. The van der Waals surface area contributed by atoms with Gasteiger partial charge in [0.25, 0.3) is 5.56 Å². The molecule has 0 radical (unpaired) electrons. The van der Waals surface area contributed by atoms with Crippen LogP contribution in [-0.2, 0) is 20.0 Å². The number of aryl methyl sites for hydroxylation is 2. The predicted octanol–water partition coefficient (Wildman–Crippen LogP) is 3.68. The van der Waals surface area contributed by atoms with E-state index in [0.29, 0.717) is 11.9 Å². The topological polar surface area (TPSA) is 53.2 Å². The molecule has 0 unspecified atom stereocenters. The van der Waals surface area contributed by atoms with Crippen molar-refractivity contribution in [1.29, 1.82) is 0 Å². The zero-order chi connectivity index (χ0) is 19.7. The highest BCUT2D eigenvalue weighted by molar-refractivity contribution is 7.17. The number of rotatable bonds is 5. The summed E-state index contributed by atoms with van der Waals surface area (Å²) in [6.07, 6.45) is 0.726. The van der Waals surface area contributed by atoms with E-state index in [1.165, 1.54) is 15.9 Å². The highest BCUT2D eigenvalue weighted by atomic mass is 32.1. The largest absolute Gasteiger partial charge is 0.497 e. The van der Waals surface area contributed by atoms with Gasteiger partial charge in [0.2, 0.25) is 0 Å². The summed E-state index contributed by atoms with van der Waals surface area (Å²) in [4.78, 5) is 26.4. The Morgan fingerprint density at radius 1 is 1.00 bits per heavy atom. The molecular weight excluding hydrogens is 372 g/mol. The minimum atomic E-state index is -0.281. The Hall–Kier alpha value is -3.12. The number of nitrogens with zero attached hydrogens (tertiary/aromatic N) is 2. The molecule has 0 atom stereocenters. The molecule has 2 heterocycles. The molecule has 0 aliphatic heterocycles. The van der Waals surface area contributed by atoms with Crippen molar-refractivity contribution in [3.8, 4) is 16.9 Å². The van der Waals surface area contributed by atoms with Crippen LogP contribution in [0.2, 0.25) is 0 Å². The van der Waals surface area contributed by atoms with Crippen LogP contribution in [0, 0.1) is 0 Å². The van der Waals surface area contributed by atoms with Crippen LogP contribution in [0.15, 0.2) is 69.6 Å². The Kier molecular flexibility index (Phi) is 4.88. The van der Waals surface area contributed by atoms with Crippen LogP contribution in [0.5, 0.6) is 5.75 Å². The molecule has 0 aliphatic rings. The fourth-order valence-electron chi connectivity index (χ4n) is 3.34. The van der Waals surface area contributed by atoms with Gasteiger partial charge in [0.1, 0.15) is 10.6 Å². The minimum absolute atomic E-state index is 0.261. The lowest BCUT2D eigenvalue weighted by molar-refractivity contribution is 0.415. The number of hydrogen-bond acceptors (Lipinski definition) is 4. The number of benzene rings is 2. The van der Waals surface area contributed by atoms with Gasteiger partial charge < -0.3 is 4.74 Å². The molecule has 0 fully saturated rings. The maximum absolute atomic E-state index is 12.9. The maximum atomic E-state index is 12.9. The second-order valence-electron chi connectivity index (χ2n) is 6.59. The van der Waals surface area contributed by atoms with Crippen molar-refractivity contribution >= 4 is 21.6 Å². The van der Waals surface area contributed by atoms with E-state index in [1.54, 1.807) is 18.7 Å². The van der Waals surface area contributed by atoms with Gasteiger partial charge in [-0.05, 0) is 29.7 Å². The number of thiophene rings is 1. The van der Waals surface area contributed by atoms with Crippen LogP contribution >= 0.6 is 11.3 Å². The standard InChI is InChI=1S/C22H20N2O3S/c1-23-20(25)19-18(16-8-10-17(27-2)11-9-16)14-28-21(19)24(22(23)26)13-12-15-6-4-3-5-7-15/h3-11,14H,12-13H2,1-2H3. The molecule has 0 saturated carbocycles. The molecule has 0 bridgehead atoms. The van der Waals surface area contributed by atoms with E-state index in [2.05, 4.69) is 0 Å². The summed E-state index contributed by atoms with van der Waals surface area (Å²) in [7, 11) is 3.16. The first-order valence-corrected chi connectivity index (χ1v) is 9.87. The van der Waals surface area contributed by atoms with Crippen molar-refractivity contribution in [2.45, 2.75) is 13.0 Å². The third-order valence-corrected chi connectivity index (χ3v) is 5.92. The normalized spacial score (nSPS) is 11.1. The molecule has 28 heavy (non-hydrogen) atoms. The van der Waals surface area contributed by atoms with Crippen molar-refractivity contribution in [1.82, 2.24) is 9.13 Å². The van der Waals surface area contributed by atoms with Crippen molar-refractivity contribution in [3.63, 3.8) is 0 Å². The molecule has 0 spiro atoms. The van der Waals surface area contributed by atoms with Gasteiger partial charge in [-0.15, -0.1) is 11.3 Å². The van der Waals surface area contributed by atoms with Gasteiger partial charge >= 0.3 is 5.69 Å². The zero-order valence-corrected chi connectivity index (χ0v) is 16.5. The Labute approximate surface area is 166 Å². The molecule has 2 aromatic carbocycles. The van der Waals surface area contributed by atoms with Gasteiger partial charge in [0, 0.05) is 24.5 Å². The molecule has 142 valence electrons. The predicted molar refractivity (Wildman–Crippen MR) is 113 cm³/mol. The van der Waals surface area contributed by atoms with E-state index >= 15 is 0 Å². The summed E-state index contributed by atoms with van der Waals surface area (Å²) < 4.78 is 8.13. The number of hydrogen-bond donors (Lipinski definition) is 0. The summed E-state index contributed by atoms with van der Waals surface area (Å²) in [5.74, 6) is 0.760. The Morgan fingerprint density at radius 3 is 2.39 bits per heavy atom. The smallest absolute Gasteiger partial charge is 0.331 e. The van der Waals surface area contributed by atoms with Gasteiger partial charge in [-0.2, -0.15) is 0 Å².